The number of carbonyl (C=O) groups excluding carboxylic acids is 2. The van der Waals surface area contributed by atoms with E-state index < -0.39 is 0 Å². The van der Waals surface area contributed by atoms with Crippen molar-refractivity contribution in [2.24, 2.45) is 0 Å². The summed E-state index contributed by atoms with van der Waals surface area (Å²) >= 11 is 7.46. The number of nitrogens with zero attached hydrogens (tertiary/aromatic N) is 2. The molecule has 0 saturated carbocycles. The first-order chi connectivity index (χ1) is 13.4. The van der Waals surface area contributed by atoms with Crippen molar-refractivity contribution in [2.75, 3.05) is 26.7 Å². The fourth-order valence-electron chi connectivity index (χ4n) is 3.40. The van der Waals surface area contributed by atoms with Crippen molar-refractivity contribution < 1.29 is 9.59 Å². The number of aryl methyl sites for hydroxylation is 1. The van der Waals surface area contributed by atoms with Gasteiger partial charge in [-0.3, -0.25) is 14.5 Å². The highest BCUT2D eigenvalue weighted by Crippen LogP contribution is 2.22. The standard InChI is InChI=1S/C21H26ClN3O2S/c1-15-5-3-4-6-18(15)21(27)23-16-9-11-25(12-10-16)14-20(26)24(2)13-17-7-8-19(22)28-17/h3-8,16H,9-14H2,1-2H3,(H,23,27). The quantitative estimate of drug-likeness (QED) is 0.778. The fourth-order valence-corrected chi connectivity index (χ4v) is 4.54. The number of amides is 2. The van der Waals surface area contributed by atoms with Crippen LogP contribution in [0.5, 0.6) is 0 Å². The van der Waals surface area contributed by atoms with Crippen molar-refractivity contribution in [3.05, 3.63) is 56.7 Å². The lowest BCUT2D eigenvalue weighted by Gasteiger charge is -2.32. The smallest absolute Gasteiger partial charge is 0.251 e. The van der Waals surface area contributed by atoms with Crippen LogP contribution in [0.15, 0.2) is 36.4 Å². The van der Waals surface area contributed by atoms with Crippen LogP contribution in [0.1, 0.15) is 33.6 Å². The van der Waals surface area contributed by atoms with E-state index >= 15 is 0 Å². The van der Waals surface area contributed by atoms with E-state index in [1.54, 1.807) is 4.90 Å². The zero-order chi connectivity index (χ0) is 20.1. The van der Waals surface area contributed by atoms with Gasteiger partial charge in [-0.05, 0) is 43.5 Å². The molecule has 5 nitrogen and oxygen atoms in total. The lowest BCUT2D eigenvalue weighted by Crippen LogP contribution is -2.47. The molecule has 0 bridgehead atoms. The second kappa shape index (κ2) is 9.54. The Kier molecular flexibility index (Phi) is 7.10. The van der Waals surface area contributed by atoms with Gasteiger partial charge in [0.15, 0.2) is 0 Å². The minimum Gasteiger partial charge on any atom is -0.349 e. The number of likely N-dealkylation sites (N-methyl/N-ethyl adjacent to an activating group) is 1. The van der Waals surface area contributed by atoms with Gasteiger partial charge in [0.1, 0.15) is 0 Å². The van der Waals surface area contributed by atoms with Gasteiger partial charge in [-0.25, -0.2) is 0 Å². The van der Waals surface area contributed by atoms with Crippen LogP contribution in [0.2, 0.25) is 4.34 Å². The van der Waals surface area contributed by atoms with Gasteiger partial charge in [0.05, 0.1) is 17.4 Å². The summed E-state index contributed by atoms with van der Waals surface area (Å²) in [6, 6.07) is 11.6. The molecular weight excluding hydrogens is 394 g/mol. The number of benzene rings is 1. The number of piperidine rings is 1. The highest BCUT2D eigenvalue weighted by atomic mass is 35.5. The Morgan fingerprint density at radius 1 is 1.21 bits per heavy atom. The Balaban J connectivity index is 1.43. The molecule has 1 aliphatic heterocycles. The van der Waals surface area contributed by atoms with Crippen LogP contribution in [0, 0.1) is 6.92 Å². The first-order valence-electron chi connectivity index (χ1n) is 9.49. The summed E-state index contributed by atoms with van der Waals surface area (Å²) < 4.78 is 0.741. The number of halogens is 1. The number of likely N-dealkylation sites (tertiary alicyclic amines) is 1. The minimum absolute atomic E-state index is 0.0121. The number of nitrogens with one attached hydrogen (secondary N) is 1. The van der Waals surface area contributed by atoms with Crippen molar-refractivity contribution in [1.82, 2.24) is 15.1 Å². The van der Waals surface area contributed by atoms with Crippen molar-refractivity contribution in [1.29, 1.82) is 0 Å². The van der Waals surface area contributed by atoms with E-state index in [0.717, 1.165) is 46.3 Å². The van der Waals surface area contributed by atoms with Crippen molar-refractivity contribution >= 4 is 34.8 Å². The number of rotatable bonds is 6. The molecule has 2 aromatic rings. The lowest BCUT2D eigenvalue weighted by atomic mass is 10.0. The average molecular weight is 420 g/mol. The predicted octanol–water partition coefficient (Wildman–Crippen LogP) is 3.56. The van der Waals surface area contributed by atoms with E-state index in [9.17, 15) is 9.59 Å². The maximum absolute atomic E-state index is 12.5. The van der Waals surface area contributed by atoms with Crippen LogP contribution in [-0.2, 0) is 11.3 Å². The van der Waals surface area contributed by atoms with Gasteiger partial charge in [-0.15, -0.1) is 11.3 Å². The molecule has 2 heterocycles. The molecule has 1 aromatic heterocycles. The molecule has 1 fully saturated rings. The highest BCUT2D eigenvalue weighted by Gasteiger charge is 2.24. The van der Waals surface area contributed by atoms with Gasteiger partial charge in [0, 0.05) is 36.6 Å². The molecule has 28 heavy (non-hydrogen) atoms. The van der Waals surface area contributed by atoms with Crippen molar-refractivity contribution in [3.8, 4) is 0 Å². The van der Waals surface area contributed by atoms with E-state index in [1.165, 1.54) is 11.3 Å². The van der Waals surface area contributed by atoms with Crippen LogP contribution < -0.4 is 5.32 Å². The summed E-state index contributed by atoms with van der Waals surface area (Å²) in [7, 11) is 1.82. The van der Waals surface area contributed by atoms with Gasteiger partial charge < -0.3 is 10.2 Å². The molecule has 7 heteroatoms. The van der Waals surface area contributed by atoms with E-state index in [-0.39, 0.29) is 17.9 Å². The van der Waals surface area contributed by atoms with Crippen molar-refractivity contribution in [3.63, 3.8) is 0 Å². The molecule has 1 aromatic carbocycles. The van der Waals surface area contributed by atoms with Crippen LogP contribution in [-0.4, -0.2) is 54.3 Å². The molecule has 2 amide bonds. The Morgan fingerprint density at radius 3 is 2.57 bits per heavy atom. The van der Waals surface area contributed by atoms with Crippen LogP contribution in [0.4, 0.5) is 0 Å². The third-order valence-electron chi connectivity index (χ3n) is 5.12. The molecule has 0 spiro atoms. The molecule has 0 atom stereocenters. The zero-order valence-corrected chi connectivity index (χ0v) is 17.9. The predicted molar refractivity (Wildman–Crippen MR) is 114 cm³/mol. The number of hydrogen-bond donors (Lipinski definition) is 1. The third-order valence-corrected chi connectivity index (χ3v) is 6.33. The second-order valence-electron chi connectivity index (χ2n) is 7.29. The van der Waals surface area contributed by atoms with Gasteiger partial charge in [0.25, 0.3) is 5.91 Å². The largest absolute Gasteiger partial charge is 0.349 e. The minimum atomic E-state index is -0.0121. The summed E-state index contributed by atoms with van der Waals surface area (Å²) in [5.74, 6) is 0.0916. The molecule has 3 rings (SSSR count). The molecule has 1 saturated heterocycles. The summed E-state index contributed by atoms with van der Waals surface area (Å²) in [5.41, 5.74) is 1.72. The summed E-state index contributed by atoms with van der Waals surface area (Å²) in [4.78, 5) is 29.9. The van der Waals surface area contributed by atoms with Gasteiger partial charge in [-0.1, -0.05) is 29.8 Å². The number of thiophene rings is 1. The molecular formula is C21H26ClN3O2S. The molecule has 0 aliphatic carbocycles. The van der Waals surface area contributed by atoms with Crippen LogP contribution in [0.3, 0.4) is 0 Å². The monoisotopic (exact) mass is 419 g/mol. The van der Waals surface area contributed by atoms with E-state index in [2.05, 4.69) is 10.2 Å². The lowest BCUT2D eigenvalue weighted by molar-refractivity contribution is -0.131. The number of carbonyl (C=O) groups is 2. The van der Waals surface area contributed by atoms with E-state index in [1.807, 2.05) is 50.4 Å². The molecule has 0 unspecified atom stereocenters. The molecule has 1 N–H and O–H groups in total. The third kappa shape index (κ3) is 5.56. The Hall–Kier alpha value is -1.89. The normalized spacial score (nSPS) is 15.4. The Morgan fingerprint density at radius 2 is 1.93 bits per heavy atom. The molecule has 1 aliphatic rings. The number of hydrogen-bond acceptors (Lipinski definition) is 4. The van der Waals surface area contributed by atoms with Crippen molar-refractivity contribution in [2.45, 2.75) is 32.4 Å². The summed E-state index contributed by atoms with van der Waals surface area (Å²) in [6.07, 6.45) is 1.71. The molecule has 150 valence electrons. The zero-order valence-electron chi connectivity index (χ0n) is 16.3. The van der Waals surface area contributed by atoms with E-state index in [0.29, 0.717) is 13.1 Å². The summed E-state index contributed by atoms with van der Waals surface area (Å²) in [5, 5.41) is 3.14. The first-order valence-corrected chi connectivity index (χ1v) is 10.7. The maximum atomic E-state index is 12.5. The van der Waals surface area contributed by atoms with Crippen LogP contribution in [0.25, 0.3) is 0 Å². The Labute approximate surface area is 175 Å². The van der Waals surface area contributed by atoms with Gasteiger partial charge >= 0.3 is 0 Å². The maximum Gasteiger partial charge on any atom is 0.251 e. The Bertz CT molecular complexity index is 831. The topological polar surface area (TPSA) is 52.7 Å². The highest BCUT2D eigenvalue weighted by molar-refractivity contribution is 7.16. The summed E-state index contributed by atoms with van der Waals surface area (Å²) in [6.45, 7) is 4.56. The van der Waals surface area contributed by atoms with Gasteiger partial charge in [0.2, 0.25) is 5.91 Å². The van der Waals surface area contributed by atoms with E-state index in [4.69, 9.17) is 11.6 Å². The van der Waals surface area contributed by atoms with Crippen LogP contribution >= 0.6 is 22.9 Å². The van der Waals surface area contributed by atoms with Gasteiger partial charge in [-0.2, -0.15) is 0 Å². The SMILES string of the molecule is Cc1ccccc1C(=O)NC1CCN(CC(=O)N(C)Cc2ccc(Cl)s2)CC1. The average Bonchev–Trinajstić information content (AvgIpc) is 3.08. The second-order valence-corrected chi connectivity index (χ2v) is 9.09. The fraction of sp³-hybridized carbons (Fsp3) is 0.429. The molecule has 0 radical (unpaired) electrons. The first kappa shape index (κ1) is 20.8.